The number of ether oxygens (including phenoxy) is 1. The number of hydrazine groups is 1. The van der Waals surface area contributed by atoms with Crippen molar-refractivity contribution < 1.29 is 29.0 Å². The Bertz CT molecular complexity index is 1860. The molecule has 1 saturated carbocycles. The largest absolute Gasteiger partial charge is 0.508 e. The number of hydrogen-bond donors (Lipinski definition) is 2. The summed E-state index contributed by atoms with van der Waals surface area (Å²) < 4.78 is 5.41. The topological polar surface area (TPSA) is 116 Å². The van der Waals surface area contributed by atoms with Gasteiger partial charge in [-0.25, -0.2) is 0 Å². The van der Waals surface area contributed by atoms with E-state index in [0.29, 0.717) is 34.0 Å². The highest BCUT2D eigenvalue weighted by molar-refractivity contribution is 6.36. The van der Waals surface area contributed by atoms with Crippen molar-refractivity contribution in [1.82, 2.24) is 9.91 Å². The molecule has 2 aliphatic heterocycles. The molecule has 3 aromatic rings. The lowest BCUT2D eigenvalue weighted by Crippen LogP contribution is -2.53. The quantitative estimate of drug-likeness (QED) is 0.252. The number of amides is 4. The summed E-state index contributed by atoms with van der Waals surface area (Å²) in [6.07, 6.45) is 2.37. The Kier molecular flexibility index (Phi) is 7.34. The van der Waals surface area contributed by atoms with Crippen LogP contribution in [0.15, 0.2) is 72.3 Å². The van der Waals surface area contributed by atoms with E-state index in [2.05, 4.69) is 5.43 Å². The van der Waals surface area contributed by atoms with Gasteiger partial charge in [0.1, 0.15) is 11.5 Å². The summed E-state index contributed by atoms with van der Waals surface area (Å²) in [5.74, 6) is -4.73. The molecule has 4 amide bonds. The summed E-state index contributed by atoms with van der Waals surface area (Å²) in [4.78, 5) is 57.6. The number of imide groups is 2. The summed E-state index contributed by atoms with van der Waals surface area (Å²) in [6, 6.07) is 16.2. The van der Waals surface area contributed by atoms with Gasteiger partial charge in [-0.3, -0.25) is 29.5 Å². The number of nitrogens with zero attached hydrogens (tertiary/aromatic N) is 2. The molecule has 2 N–H and O–H groups in total. The number of carbonyl (C=O) groups excluding carboxylic acids is 4. The number of nitrogens with one attached hydrogen (secondary N) is 1. The van der Waals surface area contributed by atoms with Crippen LogP contribution < -0.4 is 10.2 Å². The fourth-order valence-electron chi connectivity index (χ4n) is 8.10. The lowest BCUT2D eigenvalue weighted by molar-refractivity contribution is -0.140. The first-order valence-corrected chi connectivity index (χ1v) is 15.9. The normalized spacial score (nSPS) is 28.5. The molecular formula is C34H28Cl3N3O6. The number of likely N-dealkylation sites (tertiary alicyclic amines) is 1. The molecule has 0 radical (unpaired) electrons. The summed E-state index contributed by atoms with van der Waals surface area (Å²) >= 11 is 19.4. The van der Waals surface area contributed by atoms with Crippen LogP contribution in [0.5, 0.6) is 11.5 Å². The van der Waals surface area contributed by atoms with E-state index in [0.717, 1.165) is 15.5 Å². The Labute approximate surface area is 279 Å². The number of allylic oxidation sites excluding steroid dienone is 2. The highest BCUT2D eigenvalue weighted by Crippen LogP contribution is 2.64. The van der Waals surface area contributed by atoms with Gasteiger partial charge in [0.05, 0.1) is 41.0 Å². The lowest BCUT2D eigenvalue weighted by Gasteiger charge is -2.50. The number of methoxy groups -OCH3 is 1. The molecule has 4 aliphatic rings. The first-order valence-electron chi connectivity index (χ1n) is 14.7. The van der Waals surface area contributed by atoms with Crippen molar-refractivity contribution in [3.8, 4) is 11.5 Å². The highest BCUT2D eigenvalue weighted by atomic mass is 35.5. The predicted octanol–water partition coefficient (Wildman–Crippen LogP) is 5.98. The number of hydrogen-bond acceptors (Lipinski definition) is 7. The molecule has 2 aliphatic carbocycles. The van der Waals surface area contributed by atoms with E-state index in [1.807, 2.05) is 6.08 Å². The SMILES string of the molecule is COc1ccc(C23C(=O)N(Nc4ccc(Cl)cc4Cl)C(=O)C2CC2C(=CCC4C(=O)N(C)C(=O)C42)C3c2ccc(O)cc2Cl)cc1. The van der Waals surface area contributed by atoms with Crippen molar-refractivity contribution in [3.05, 3.63) is 98.5 Å². The summed E-state index contributed by atoms with van der Waals surface area (Å²) in [5.41, 5.74) is 3.52. The maximum Gasteiger partial charge on any atom is 0.260 e. The Morgan fingerprint density at radius 1 is 0.891 bits per heavy atom. The van der Waals surface area contributed by atoms with Crippen LogP contribution in [0, 0.1) is 23.7 Å². The molecule has 6 atom stereocenters. The second kappa shape index (κ2) is 11.0. The maximum atomic E-state index is 15.1. The average Bonchev–Trinajstić information content (AvgIpc) is 3.39. The van der Waals surface area contributed by atoms with Crippen molar-refractivity contribution in [1.29, 1.82) is 0 Å². The Hall–Kier alpha value is -4.05. The number of fused-ring (bicyclic) bond motifs is 4. The number of phenolic OH excluding ortho intramolecular Hbond substituents is 1. The number of aromatic hydroxyl groups is 1. The molecule has 0 aromatic heterocycles. The van der Waals surface area contributed by atoms with Crippen LogP contribution in [0.3, 0.4) is 0 Å². The van der Waals surface area contributed by atoms with Gasteiger partial charge in [-0.15, -0.1) is 0 Å². The van der Waals surface area contributed by atoms with Crippen molar-refractivity contribution in [2.75, 3.05) is 19.6 Å². The van der Waals surface area contributed by atoms with Crippen LogP contribution in [-0.4, -0.2) is 52.8 Å². The zero-order valence-electron chi connectivity index (χ0n) is 24.7. The zero-order chi connectivity index (χ0) is 32.7. The molecule has 3 fully saturated rings. The summed E-state index contributed by atoms with van der Waals surface area (Å²) in [7, 11) is 3.01. The van der Waals surface area contributed by atoms with Gasteiger partial charge in [0.15, 0.2) is 0 Å². The lowest BCUT2D eigenvalue weighted by atomic mass is 9.49. The zero-order valence-corrected chi connectivity index (χ0v) is 26.9. The molecule has 2 heterocycles. The smallest absolute Gasteiger partial charge is 0.260 e. The second-order valence-corrected chi connectivity index (χ2v) is 13.4. The van der Waals surface area contributed by atoms with Crippen LogP contribution in [0.1, 0.15) is 29.9 Å². The van der Waals surface area contributed by atoms with E-state index < -0.39 is 46.8 Å². The third kappa shape index (κ3) is 4.28. The van der Waals surface area contributed by atoms with E-state index in [1.165, 1.54) is 32.4 Å². The Morgan fingerprint density at radius 2 is 1.63 bits per heavy atom. The Balaban J connectivity index is 1.48. The van der Waals surface area contributed by atoms with Crippen LogP contribution in [0.25, 0.3) is 0 Å². The molecule has 9 nitrogen and oxygen atoms in total. The van der Waals surface area contributed by atoms with Crippen LogP contribution in [0.2, 0.25) is 15.1 Å². The number of rotatable bonds is 5. The van der Waals surface area contributed by atoms with Crippen molar-refractivity contribution in [2.24, 2.45) is 23.7 Å². The van der Waals surface area contributed by atoms with E-state index in [4.69, 9.17) is 39.5 Å². The third-order valence-electron chi connectivity index (χ3n) is 10.1. The van der Waals surface area contributed by atoms with Crippen LogP contribution in [-0.2, 0) is 24.6 Å². The average molecular weight is 681 g/mol. The first-order chi connectivity index (χ1) is 22.0. The van der Waals surface area contributed by atoms with Crippen molar-refractivity contribution in [2.45, 2.75) is 24.2 Å². The first kappa shape index (κ1) is 30.6. The molecule has 2 saturated heterocycles. The number of benzene rings is 3. The van der Waals surface area contributed by atoms with E-state index in [-0.39, 0.29) is 34.0 Å². The highest BCUT2D eigenvalue weighted by Gasteiger charge is 2.70. The van der Waals surface area contributed by atoms with Gasteiger partial charge in [0, 0.05) is 23.0 Å². The molecule has 0 spiro atoms. The second-order valence-electron chi connectivity index (χ2n) is 12.2. The minimum Gasteiger partial charge on any atom is -0.508 e. The van der Waals surface area contributed by atoms with Crippen molar-refractivity contribution >= 4 is 64.1 Å². The van der Waals surface area contributed by atoms with Gasteiger partial charge < -0.3 is 9.84 Å². The number of phenols is 1. The fraction of sp³-hybridized carbons (Fsp3) is 0.294. The standard InChI is InChI=1S/C34H28Cl3N3O6/c1-39-30(42)22-11-10-20-23(28(22)32(39)44)15-24-31(43)40(38-27-12-5-17(35)13-26(27)37)33(45)34(24,16-3-7-19(46-2)8-4-16)29(20)21-9-6-18(41)14-25(21)36/h3-10,12-14,22-24,28-29,38,41H,11,15H2,1-2H3. The molecule has 46 heavy (non-hydrogen) atoms. The van der Waals surface area contributed by atoms with Gasteiger partial charge >= 0.3 is 0 Å². The van der Waals surface area contributed by atoms with Gasteiger partial charge in [-0.1, -0.05) is 64.7 Å². The number of halogens is 3. The third-order valence-corrected chi connectivity index (χ3v) is 11.0. The minimum atomic E-state index is -1.54. The summed E-state index contributed by atoms with van der Waals surface area (Å²) in [5, 5.41) is 12.1. The monoisotopic (exact) mass is 679 g/mol. The Morgan fingerprint density at radius 3 is 2.30 bits per heavy atom. The van der Waals surface area contributed by atoms with Gasteiger partial charge in [0.2, 0.25) is 11.8 Å². The fourth-order valence-corrected chi connectivity index (χ4v) is 8.83. The van der Waals surface area contributed by atoms with Crippen LogP contribution >= 0.6 is 34.8 Å². The molecular weight excluding hydrogens is 653 g/mol. The van der Waals surface area contributed by atoms with Gasteiger partial charge in [-0.2, -0.15) is 5.01 Å². The van der Waals surface area contributed by atoms with E-state index >= 15 is 4.79 Å². The number of anilines is 1. The molecule has 6 unspecified atom stereocenters. The molecule has 12 heteroatoms. The van der Waals surface area contributed by atoms with Gasteiger partial charge in [-0.05, 0) is 72.4 Å². The van der Waals surface area contributed by atoms with E-state index in [9.17, 15) is 19.5 Å². The predicted molar refractivity (Wildman–Crippen MR) is 172 cm³/mol. The molecule has 7 rings (SSSR count). The van der Waals surface area contributed by atoms with E-state index in [1.54, 1.807) is 42.5 Å². The molecule has 3 aromatic carbocycles. The molecule has 236 valence electrons. The number of carbonyl (C=O) groups is 4. The summed E-state index contributed by atoms with van der Waals surface area (Å²) in [6.45, 7) is 0. The van der Waals surface area contributed by atoms with Crippen LogP contribution in [0.4, 0.5) is 5.69 Å². The van der Waals surface area contributed by atoms with Gasteiger partial charge in [0.25, 0.3) is 11.8 Å². The molecule has 0 bridgehead atoms. The minimum absolute atomic E-state index is 0.0680. The maximum absolute atomic E-state index is 15.1. The van der Waals surface area contributed by atoms with Crippen molar-refractivity contribution in [3.63, 3.8) is 0 Å².